The van der Waals surface area contributed by atoms with Gasteiger partial charge in [0.2, 0.25) is 20.0 Å². The van der Waals surface area contributed by atoms with Crippen molar-refractivity contribution in [3.8, 4) is 0 Å². The van der Waals surface area contributed by atoms with Gasteiger partial charge in [-0.2, -0.15) is 4.31 Å². The van der Waals surface area contributed by atoms with E-state index >= 15 is 0 Å². The molecule has 1 aliphatic heterocycles. The normalized spacial score (nSPS) is 16.3. The number of carbonyl (C=O) groups excluding carboxylic acids is 1. The number of morpholine rings is 1. The highest BCUT2D eigenvalue weighted by atomic mass is 32.2. The standard InChI is InChI=1S/C20H26N4O6S2/c1-15(16-6-8-18(9-7-16)31(21,26)27)23(2)20(25)22-17-4-3-5-19(14-17)32(28,29)24-10-12-30-13-11-24/h3-9,14-15H,10-13H2,1-2H3,(H,22,25)(H2,21,26,27). The van der Waals surface area contributed by atoms with Crippen LogP contribution in [0, 0.1) is 0 Å². The van der Waals surface area contributed by atoms with Crippen LogP contribution in [0.2, 0.25) is 0 Å². The van der Waals surface area contributed by atoms with Crippen LogP contribution in [0.1, 0.15) is 18.5 Å². The molecule has 3 rings (SSSR count). The third kappa shape index (κ3) is 5.45. The minimum absolute atomic E-state index is 0.0150. The molecule has 174 valence electrons. The molecule has 2 amide bonds. The average molecular weight is 483 g/mol. The number of primary sulfonamides is 1. The van der Waals surface area contributed by atoms with Gasteiger partial charge in [0.05, 0.1) is 29.0 Å². The number of rotatable bonds is 6. The van der Waals surface area contributed by atoms with Gasteiger partial charge in [-0.1, -0.05) is 18.2 Å². The van der Waals surface area contributed by atoms with Gasteiger partial charge in [0, 0.05) is 25.8 Å². The SMILES string of the molecule is CC(c1ccc(S(N)(=O)=O)cc1)N(C)C(=O)Nc1cccc(S(=O)(=O)N2CCOCC2)c1. The lowest BCUT2D eigenvalue weighted by molar-refractivity contribution is 0.0730. The first kappa shape index (κ1) is 24.1. The zero-order valence-electron chi connectivity index (χ0n) is 17.8. The van der Waals surface area contributed by atoms with E-state index < -0.39 is 26.1 Å². The van der Waals surface area contributed by atoms with E-state index in [-0.39, 0.29) is 28.9 Å². The molecule has 2 aromatic carbocycles. The number of anilines is 1. The number of nitrogens with zero attached hydrogens (tertiary/aromatic N) is 2. The van der Waals surface area contributed by atoms with Crippen molar-refractivity contribution in [2.24, 2.45) is 5.14 Å². The van der Waals surface area contributed by atoms with Gasteiger partial charge in [-0.3, -0.25) is 0 Å². The predicted octanol–water partition coefficient (Wildman–Crippen LogP) is 1.58. The Labute approximate surface area is 188 Å². The van der Waals surface area contributed by atoms with Crippen LogP contribution in [0.25, 0.3) is 0 Å². The fraction of sp³-hybridized carbons (Fsp3) is 0.350. The third-order valence-electron chi connectivity index (χ3n) is 5.29. The van der Waals surface area contributed by atoms with Crippen LogP contribution in [-0.4, -0.2) is 65.4 Å². The van der Waals surface area contributed by atoms with Crippen LogP contribution in [0.5, 0.6) is 0 Å². The molecular weight excluding hydrogens is 456 g/mol. The van der Waals surface area contributed by atoms with Crippen LogP contribution < -0.4 is 10.5 Å². The second-order valence-electron chi connectivity index (χ2n) is 7.38. The van der Waals surface area contributed by atoms with Crippen LogP contribution in [0.3, 0.4) is 0 Å². The van der Waals surface area contributed by atoms with Crippen LogP contribution >= 0.6 is 0 Å². The summed E-state index contributed by atoms with van der Waals surface area (Å²) in [5, 5.41) is 7.82. The zero-order chi connectivity index (χ0) is 23.5. The molecule has 1 saturated heterocycles. The number of nitrogens with two attached hydrogens (primary N) is 1. The van der Waals surface area contributed by atoms with Crippen LogP contribution in [-0.2, 0) is 24.8 Å². The fourth-order valence-electron chi connectivity index (χ4n) is 3.22. The van der Waals surface area contributed by atoms with E-state index in [0.29, 0.717) is 24.5 Å². The molecule has 1 aliphatic rings. The minimum atomic E-state index is -3.80. The second-order valence-corrected chi connectivity index (χ2v) is 10.9. The van der Waals surface area contributed by atoms with Gasteiger partial charge in [-0.05, 0) is 42.8 Å². The smallest absolute Gasteiger partial charge is 0.322 e. The van der Waals surface area contributed by atoms with Crippen molar-refractivity contribution in [3.05, 3.63) is 54.1 Å². The van der Waals surface area contributed by atoms with Gasteiger partial charge in [0.15, 0.2) is 0 Å². The molecule has 0 spiro atoms. The number of hydrogen-bond donors (Lipinski definition) is 2. The van der Waals surface area contributed by atoms with E-state index in [9.17, 15) is 21.6 Å². The Bertz CT molecular complexity index is 1180. The van der Waals surface area contributed by atoms with Crippen molar-refractivity contribution in [1.82, 2.24) is 9.21 Å². The molecule has 2 aromatic rings. The van der Waals surface area contributed by atoms with Crippen molar-refractivity contribution >= 4 is 31.8 Å². The Kier molecular flexibility index (Phi) is 7.20. The first-order valence-corrected chi connectivity index (χ1v) is 12.8. The van der Waals surface area contributed by atoms with Crippen molar-refractivity contribution in [3.63, 3.8) is 0 Å². The maximum atomic E-state index is 12.8. The van der Waals surface area contributed by atoms with Crippen LogP contribution in [0.4, 0.5) is 10.5 Å². The average Bonchev–Trinajstić information content (AvgIpc) is 2.78. The van der Waals surface area contributed by atoms with E-state index in [4.69, 9.17) is 9.88 Å². The number of sulfonamides is 2. The summed E-state index contributed by atoms with van der Waals surface area (Å²) in [6, 6.07) is 11.2. The first-order chi connectivity index (χ1) is 15.0. The largest absolute Gasteiger partial charge is 0.379 e. The van der Waals surface area contributed by atoms with Crippen LogP contribution in [0.15, 0.2) is 58.3 Å². The molecule has 0 saturated carbocycles. The highest BCUT2D eigenvalue weighted by Gasteiger charge is 2.27. The number of ether oxygens (including phenoxy) is 1. The van der Waals surface area contributed by atoms with Crippen molar-refractivity contribution in [2.45, 2.75) is 22.8 Å². The number of benzene rings is 2. The third-order valence-corrected chi connectivity index (χ3v) is 8.11. The molecule has 1 fully saturated rings. The highest BCUT2D eigenvalue weighted by molar-refractivity contribution is 7.89. The molecule has 12 heteroatoms. The topological polar surface area (TPSA) is 139 Å². The van der Waals surface area contributed by atoms with Gasteiger partial charge >= 0.3 is 6.03 Å². The predicted molar refractivity (Wildman–Crippen MR) is 119 cm³/mol. The number of hydrogen-bond acceptors (Lipinski definition) is 6. The molecule has 0 radical (unpaired) electrons. The minimum Gasteiger partial charge on any atom is -0.379 e. The summed E-state index contributed by atoms with van der Waals surface area (Å²) in [6.45, 7) is 3.03. The summed E-state index contributed by atoms with van der Waals surface area (Å²) >= 11 is 0. The summed E-state index contributed by atoms with van der Waals surface area (Å²) in [5.41, 5.74) is 1.05. The Hall–Kier alpha value is -2.51. The number of amides is 2. The molecule has 32 heavy (non-hydrogen) atoms. The van der Waals surface area contributed by atoms with Gasteiger partial charge < -0.3 is 15.0 Å². The quantitative estimate of drug-likeness (QED) is 0.641. The fourth-order valence-corrected chi connectivity index (χ4v) is 5.19. The number of nitrogens with one attached hydrogen (secondary N) is 1. The molecule has 1 unspecified atom stereocenters. The molecule has 0 aliphatic carbocycles. The molecule has 1 atom stereocenters. The molecule has 10 nitrogen and oxygen atoms in total. The molecule has 1 heterocycles. The zero-order valence-corrected chi connectivity index (χ0v) is 19.4. The molecule has 3 N–H and O–H groups in total. The second kappa shape index (κ2) is 9.55. The van der Waals surface area contributed by atoms with Gasteiger partial charge in [0.25, 0.3) is 0 Å². The number of urea groups is 1. The summed E-state index contributed by atoms with van der Waals surface area (Å²) in [6.07, 6.45) is 0. The van der Waals surface area contributed by atoms with Crippen molar-refractivity contribution in [2.75, 3.05) is 38.7 Å². The lowest BCUT2D eigenvalue weighted by atomic mass is 10.1. The maximum Gasteiger partial charge on any atom is 0.322 e. The van der Waals surface area contributed by atoms with E-state index in [0.717, 1.165) is 0 Å². The number of carbonyl (C=O) groups is 1. The molecular formula is C20H26N4O6S2. The van der Waals surface area contributed by atoms with E-state index in [1.54, 1.807) is 38.2 Å². The summed E-state index contributed by atoms with van der Waals surface area (Å²) in [4.78, 5) is 14.2. The Morgan fingerprint density at radius 1 is 1.06 bits per heavy atom. The lowest BCUT2D eigenvalue weighted by Gasteiger charge is -2.27. The molecule has 0 aromatic heterocycles. The Balaban J connectivity index is 1.72. The Morgan fingerprint density at radius 2 is 1.69 bits per heavy atom. The summed E-state index contributed by atoms with van der Waals surface area (Å²) < 4.78 is 55.1. The van der Waals surface area contributed by atoms with Crippen molar-refractivity contribution < 1.29 is 26.4 Å². The lowest BCUT2D eigenvalue weighted by Crippen LogP contribution is -2.40. The van der Waals surface area contributed by atoms with Crippen molar-refractivity contribution in [1.29, 1.82) is 0 Å². The van der Waals surface area contributed by atoms with E-state index in [1.165, 1.54) is 33.5 Å². The van der Waals surface area contributed by atoms with Gasteiger partial charge in [-0.25, -0.2) is 26.8 Å². The van der Waals surface area contributed by atoms with Gasteiger partial charge in [0.1, 0.15) is 0 Å². The first-order valence-electron chi connectivity index (χ1n) is 9.84. The van der Waals surface area contributed by atoms with E-state index in [2.05, 4.69) is 5.32 Å². The van der Waals surface area contributed by atoms with Gasteiger partial charge in [-0.15, -0.1) is 0 Å². The maximum absolute atomic E-state index is 12.8. The Morgan fingerprint density at radius 3 is 2.28 bits per heavy atom. The summed E-state index contributed by atoms with van der Waals surface area (Å²) in [7, 11) is -5.90. The van der Waals surface area contributed by atoms with E-state index in [1.807, 2.05) is 0 Å². The monoisotopic (exact) mass is 482 g/mol. The molecule has 0 bridgehead atoms. The summed E-state index contributed by atoms with van der Waals surface area (Å²) in [5.74, 6) is 0. The highest BCUT2D eigenvalue weighted by Crippen LogP contribution is 2.23.